The third-order valence-electron chi connectivity index (χ3n) is 4.80. The minimum atomic E-state index is 0.434. The van der Waals surface area contributed by atoms with Crippen LogP contribution < -0.4 is 5.73 Å². The normalized spacial score (nSPS) is 28.1. The van der Waals surface area contributed by atoms with Crippen molar-refractivity contribution in [3.63, 3.8) is 0 Å². The van der Waals surface area contributed by atoms with Crippen molar-refractivity contribution in [1.82, 2.24) is 4.90 Å². The summed E-state index contributed by atoms with van der Waals surface area (Å²) in [5, 5.41) is 0. The fourth-order valence-corrected chi connectivity index (χ4v) is 3.21. The van der Waals surface area contributed by atoms with Gasteiger partial charge in [-0.05, 0) is 56.7 Å². The van der Waals surface area contributed by atoms with Crippen molar-refractivity contribution in [2.75, 3.05) is 26.2 Å². The van der Waals surface area contributed by atoms with E-state index in [1.807, 2.05) is 0 Å². The highest BCUT2D eigenvalue weighted by molar-refractivity contribution is 4.84. The van der Waals surface area contributed by atoms with Crippen molar-refractivity contribution in [2.24, 2.45) is 17.1 Å². The lowest BCUT2D eigenvalue weighted by Crippen LogP contribution is -2.44. The van der Waals surface area contributed by atoms with Crippen LogP contribution >= 0.6 is 0 Å². The van der Waals surface area contributed by atoms with Gasteiger partial charge in [0.1, 0.15) is 0 Å². The van der Waals surface area contributed by atoms with E-state index in [9.17, 15) is 0 Å². The quantitative estimate of drug-likeness (QED) is 0.798. The highest BCUT2D eigenvalue weighted by Crippen LogP contribution is 2.31. The standard InChI is InChI=1S/C14H28N2/c1-14(12-15)7-9-16(10-8-14)11-13-5-3-2-4-6-13/h13H,2-12,15H2,1H3. The summed E-state index contributed by atoms with van der Waals surface area (Å²) in [4.78, 5) is 2.69. The molecule has 0 spiro atoms. The molecule has 16 heavy (non-hydrogen) atoms. The molecule has 0 radical (unpaired) electrons. The molecule has 0 amide bonds. The van der Waals surface area contributed by atoms with Crippen LogP contribution in [0.25, 0.3) is 0 Å². The first-order valence-electron chi connectivity index (χ1n) is 7.14. The van der Waals surface area contributed by atoms with Gasteiger partial charge in [-0.25, -0.2) is 0 Å². The van der Waals surface area contributed by atoms with Gasteiger partial charge in [-0.15, -0.1) is 0 Å². The molecule has 2 heteroatoms. The predicted octanol–water partition coefficient (Wildman–Crippen LogP) is 2.63. The van der Waals surface area contributed by atoms with Gasteiger partial charge >= 0.3 is 0 Å². The number of rotatable bonds is 3. The van der Waals surface area contributed by atoms with E-state index in [1.165, 1.54) is 64.6 Å². The second-order valence-electron chi connectivity index (χ2n) is 6.32. The molecule has 0 bridgehead atoms. The fraction of sp³-hybridized carbons (Fsp3) is 1.00. The van der Waals surface area contributed by atoms with Crippen molar-refractivity contribution in [2.45, 2.75) is 51.9 Å². The van der Waals surface area contributed by atoms with Gasteiger partial charge in [0.25, 0.3) is 0 Å². The third kappa shape index (κ3) is 3.21. The molecule has 1 heterocycles. The van der Waals surface area contributed by atoms with Crippen LogP contribution in [-0.4, -0.2) is 31.1 Å². The minimum Gasteiger partial charge on any atom is -0.330 e. The first kappa shape index (κ1) is 12.4. The second-order valence-corrected chi connectivity index (χ2v) is 6.32. The zero-order chi connectivity index (χ0) is 11.4. The largest absolute Gasteiger partial charge is 0.330 e. The predicted molar refractivity (Wildman–Crippen MR) is 69.4 cm³/mol. The van der Waals surface area contributed by atoms with E-state index in [2.05, 4.69) is 11.8 Å². The van der Waals surface area contributed by atoms with E-state index in [0.717, 1.165) is 12.5 Å². The van der Waals surface area contributed by atoms with E-state index in [-0.39, 0.29) is 0 Å². The summed E-state index contributed by atoms with van der Waals surface area (Å²) >= 11 is 0. The molecule has 0 unspecified atom stereocenters. The van der Waals surface area contributed by atoms with Crippen LogP contribution in [0.1, 0.15) is 51.9 Å². The van der Waals surface area contributed by atoms with Crippen LogP contribution in [0.3, 0.4) is 0 Å². The van der Waals surface area contributed by atoms with Crippen LogP contribution in [0.15, 0.2) is 0 Å². The molecule has 2 N–H and O–H groups in total. The lowest BCUT2D eigenvalue weighted by Gasteiger charge is -2.40. The summed E-state index contributed by atoms with van der Waals surface area (Å²) < 4.78 is 0. The Morgan fingerprint density at radius 1 is 1.12 bits per heavy atom. The maximum atomic E-state index is 5.85. The molecule has 0 aromatic rings. The highest BCUT2D eigenvalue weighted by atomic mass is 15.1. The summed E-state index contributed by atoms with van der Waals surface area (Å²) in [6.45, 7) is 7.14. The molecular weight excluding hydrogens is 196 g/mol. The van der Waals surface area contributed by atoms with Crippen LogP contribution in [-0.2, 0) is 0 Å². The van der Waals surface area contributed by atoms with Gasteiger partial charge in [0, 0.05) is 6.54 Å². The van der Waals surface area contributed by atoms with E-state index in [1.54, 1.807) is 0 Å². The van der Waals surface area contributed by atoms with Crippen molar-refractivity contribution in [3.8, 4) is 0 Å². The van der Waals surface area contributed by atoms with Crippen LogP contribution in [0, 0.1) is 11.3 Å². The monoisotopic (exact) mass is 224 g/mol. The van der Waals surface area contributed by atoms with Crippen molar-refractivity contribution >= 4 is 0 Å². The number of nitrogens with zero attached hydrogens (tertiary/aromatic N) is 1. The molecule has 94 valence electrons. The average molecular weight is 224 g/mol. The summed E-state index contributed by atoms with van der Waals surface area (Å²) in [6.07, 6.45) is 9.97. The fourth-order valence-electron chi connectivity index (χ4n) is 3.21. The third-order valence-corrected chi connectivity index (χ3v) is 4.80. The molecule has 0 aromatic heterocycles. The number of piperidine rings is 1. The van der Waals surface area contributed by atoms with Crippen LogP contribution in [0.5, 0.6) is 0 Å². The molecule has 1 aliphatic carbocycles. The van der Waals surface area contributed by atoms with Gasteiger partial charge in [0.15, 0.2) is 0 Å². The minimum absolute atomic E-state index is 0.434. The number of nitrogens with two attached hydrogens (primary N) is 1. The van der Waals surface area contributed by atoms with Gasteiger partial charge < -0.3 is 10.6 Å². The first-order chi connectivity index (χ1) is 7.72. The maximum absolute atomic E-state index is 5.85. The summed E-state index contributed by atoms with van der Waals surface area (Å²) in [5.41, 5.74) is 6.28. The highest BCUT2D eigenvalue weighted by Gasteiger charge is 2.29. The molecular formula is C14H28N2. The Morgan fingerprint density at radius 3 is 2.31 bits per heavy atom. The molecule has 0 aromatic carbocycles. The van der Waals surface area contributed by atoms with Crippen molar-refractivity contribution in [1.29, 1.82) is 0 Å². The van der Waals surface area contributed by atoms with Gasteiger partial charge in [0.2, 0.25) is 0 Å². The van der Waals surface area contributed by atoms with Gasteiger partial charge in [-0.3, -0.25) is 0 Å². The van der Waals surface area contributed by atoms with Crippen molar-refractivity contribution in [3.05, 3.63) is 0 Å². The zero-order valence-corrected chi connectivity index (χ0v) is 10.9. The molecule has 1 aliphatic heterocycles. The molecule has 2 aliphatic rings. The van der Waals surface area contributed by atoms with Crippen molar-refractivity contribution < 1.29 is 0 Å². The topological polar surface area (TPSA) is 29.3 Å². The Labute approximate surface area is 101 Å². The van der Waals surface area contributed by atoms with E-state index in [0.29, 0.717) is 5.41 Å². The summed E-state index contributed by atoms with van der Waals surface area (Å²) in [7, 11) is 0. The van der Waals surface area contributed by atoms with Gasteiger partial charge in [0.05, 0.1) is 0 Å². The SMILES string of the molecule is CC1(CN)CCN(CC2CCCCC2)CC1. The zero-order valence-electron chi connectivity index (χ0n) is 10.9. The second kappa shape index (κ2) is 5.50. The smallest absolute Gasteiger partial charge is 0.000966 e. The average Bonchev–Trinajstić information content (AvgIpc) is 2.34. The molecule has 1 saturated carbocycles. The van der Waals surface area contributed by atoms with E-state index >= 15 is 0 Å². The first-order valence-corrected chi connectivity index (χ1v) is 7.14. The molecule has 2 fully saturated rings. The molecule has 2 nitrogen and oxygen atoms in total. The maximum Gasteiger partial charge on any atom is 0.000966 e. The molecule has 2 rings (SSSR count). The van der Waals surface area contributed by atoms with E-state index < -0.39 is 0 Å². The number of likely N-dealkylation sites (tertiary alicyclic amines) is 1. The van der Waals surface area contributed by atoms with Crippen LogP contribution in [0.2, 0.25) is 0 Å². The Hall–Kier alpha value is -0.0800. The Morgan fingerprint density at radius 2 is 1.75 bits per heavy atom. The molecule has 1 saturated heterocycles. The van der Waals surface area contributed by atoms with E-state index in [4.69, 9.17) is 5.73 Å². The lowest BCUT2D eigenvalue weighted by atomic mass is 9.80. The Kier molecular flexibility index (Phi) is 4.26. The van der Waals surface area contributed by atoms with Gasteiger partial charge in [-0.2, -0.15) is 0 Å². The lowest BCUT2D eigenvalue weighted by molar-refractivity contribution is 0.102. The molecule has 0 atom stereocenters. The summed E-state index contributed by atoms with van der Waals surface area (Å²) in [5.74, 6) is 0.996. The summed E-state index contributed by atoms with van der Waals surface area (Å²) in [6, 6.07) is 0. The van der Waals surface area contributed by atoms with Gasteiger partial charge in [-0.1, -0.05) is 26.2 Å². The number of hydrogen-bond donors (Lipinski definition) is 1. The Bertz CT molecular complexity index is 201. The van der Waals surface area contributed by atoms with Crippen LogP contribution in [0.4, 0.5) is 0 Å². The number of hydrogen-bond acceptors (Lipinski definition) is 2. The Balaban J connectivity index is 1.72.